The van der Waals surface area contributed by atoms with Crippen molar-refractivity contribution < 1.29 is 26.8 Å². The van der Waals surface area contributed by atoms with Gasteiger partial charge in [0.05, 0.1) is 6.20 Å². The Labute approximate surface area is 150 Å². The number of amides is 1. The van der Waals surface area contributed by atoms with Gasteiger partial charge in [0.1, 0.15) is 11.7 Å². The maximum absolute atomic E-state index is 13.2. The number of nitrogens with zero attached hydrogens (tertiary/aromatic N) is 3. The van der Waals surface area contributed by atoms with Gasteiger partial charge in [-0.25, -0.2) is 9.50 Å². The smallest absolute Gasteiger partial charge is 0.408 e. The number of rotatable bonds is 4. The van der Waals surface area contributed by atoms with E-state index in [9.17, 15) is 22.4 Å². The zero-order chi connectivity index (χ0) is 19.3. The van der Waals surface area contributed by atoms with Crippen LogP contribution >= 0.6 is 0 Å². The molecule has 4 rings (SSSR count). The van der Waals surface area contributed by atoms with Crippen molar-refractivity contribution in [3.8, 4) is 11.5 Å². The zero-order valence-electron chi connectivity index (χ0n) is 14.0. The van der Waals surface area contributed by atoms with Gasteiger partial charge in [-0.15, -0.1) is 0 Å². The predicted octanol–water partition coefficient (Wildman–Crippen LogP) is 3.51. The topological polar surface area (TPSA) is 72.4 Å². The van der Waals surface area contributed by atoms with Crippen molar-refractivity contribution in [3.63, 3.8) is 0 Å². The number of imidazole rings is 1. The first kappa shape index (κ1) is 17.5. The molecule has 0 radical (unpaired) electrons. The summed E-state index contributed by atoms with van der Waals surface area (Å²) in [5.74, 6) is -1.40. The van der Waals surface area contributed by atoms with Crippen molar-refractivity contribution in [3.05, 3.63) is 41.7 Å². The van der Waals surface area contributed by atoms with Crippen molar-refractivity contribution in [2.45, 2.75) is 32.0 Å². The van der Waals surface area contributed by atoms with Crippen molar-refractivity contribution in [2.75, 3.05) is 0 Å². The number of alkyl halides is 3. The maximum atomic E-state index is 13.2. The van der Waals surface area contributed by atoms with Crippen LogP contribution in [0.4, 0.5) is 17.6 Å². The van der Waals surface area contributed by atoms with Crippen LogP contribution in [0.15, 0.2) is 28.8 Å². The number of halogens is 4. The Bertz CT molecular complexity index is 1020. The first-order chi connectivity index (χ1) is 12.7. The van der Waals surface area contributed by atoms with E-state index < -0.39 is 30.1 Å². The summed E-state index contributed by atoms with van der Waals surface area (Å²) in [4.78, 5) is 16.5. The summed E-state index contributed by atoms with van der Waals surface area (Å²) in [7, 11) is 0. The fourth-order valence-corrected chi connectivity index (χ4v) is 2.96. The Morgan fingerprint density at radius 2 is 2.11 bits per heavy atom. The number of carbonyl (C=O) groups excluding carboxylic acids is 1. The highest BCUT2D eigenvalue weighted by atomic mass is 19.4. The molecule has 0 aromatic carbocycles. The molecule has 27 heavy (non-hydrogen) atoms. The van der Waals surface area contributed by atoms with Crippen molar-refractivity contribution in [1.82, 2.24) is 19.9 Å². The SMILES string of the molecule is Cc1cc(-c2ccc(F)o2)nn2c(C(=O)NC(C3CC3)C(F)(F)F)cnc12. The van der Waals surface area contributed by atoms with Crippen LogP contribution in [0.3, 0.4) is 0 Å². The van der Waals surface area contributed by atoms with Crippen molar-refractivity contribution in [1.29, 1.82) is 0 Å². The molecular formula is C17H14F4N4O2. The van der Waals surface area contributed by atoms with Crippen LogP contribution in [-0.2, 0) is 0 Å². The van der Waals surface area contributed by atoms with Crippen LogP contribution in [0.5, 0.6) is 0 Å². The molecular weight excluding hydrogens is 368 g/mol. The number of carbonyl (C=O) groups is 1. The van der Waals surface area contributed by atoms with Crippen molar-refractivity contribution >= 4 is 11.6 Å². The van der Waals surface area contributed by atoms with Crippen LogP contribution in [0, 0.1) is 18.9 Å². The van der Waals surface area contributed by atoms with E-state index in [2.05, 4.69) is 10.1 Å². The molecule has 3 aromatic heterocycles. The van der Waals surface area contributed by atoms with Gasteiger partial charge in [-0.05, 0) is 43.4 Å². The Balaban J connectivity index is 1.71. The molecule has 10 heteroatoms. The summed E-state index contributed by atoms with van der Waals surface area (Å²) in [6.07, 6.45) is -2.53. The van der Waals surface area contributed by atoms with E-state index >= 15 is 0 Å². The number of aryl methyl sites for hydroxylation is 1. The Morgan fingerprint density at radius 3 is 2.70 bits per heavy atom. The highest BCUT2D eigenvalue weighted by molar-refractivity contribution is 5.93. The van der Waals surface area contributed by atoms with Crippen molar-refractivity contribution in [2.24, 2.45) is 5.92 Å². The lowest BCUT2D eigenvalue weighted by molar-refractivity contribution is -0.158. The average molecular weight is 382 g/mol. The standard InChI is InChI=1S/C17H14F4N4O2/c1-8-6-10(12-4-5-13(18)27-12)24-25-11(7-22-15(8)25)16(26)23-14(9-2-3-9)17(19,20)21/h4-7,9,14H,2-3H2,1H3,(H,23,26). The van der Waals surface area contributed by atoms with Crippen LogP contribution in [-0.4, -0.2) is 32.7 Å². The lowest BCUT2D eigenvalue weighted by Gasteiger charge is -2.21. The van der Waals surface area contributed by atoms with E-state index in [1.807, 2.05) is 5.32 Å². The van der Waals surface area contributed by atoms with Gasteiger partial charge in [0.25, 0.3) is 11.9 Å². The van der Waals surface area contributed by atoms with E-state index in [0.717, 1.165) is 16.8 Å². The van der Waals surface area contributed by atoms with Gasteiger partial charge in [0.15, 0.2) is 17.1 Å². The third-order valence-corrected chi connectivity index (χ3v) is 4.44. The summed E-state index contributed by atoms with van der Waals surface area (Å²) >= 11 is 0. The van der Waals surface area contributed by atoms with Crippen LogP contribution in [0.25, 0.3) is 17.1 Å². The van der Waals surface area contributed by atoms with Gasteiger partial charge in [-0.1, -0.05) is 0 Å². The molecule has 0 aliphatic heterocycles. The molecule has 142 valence electrons. The molecule has 1 aliphatic rings. The second-order valence-corrected chi connectivity index (χ2v) is 6.53. The number of hydrogen-bond donors (Lipinski definition) is 1. The highest BCUT2D eigenvalue weighted by Gasteiger charge is 2.49. The van der Waals surface area contributed by atoms with Crippen LogP contribution in [0.1, 0.15) is 28.9 Å². The fraction of sp³-hybridized carbons (Fsp3) is 0.353. The zero-order valence-corrected chi connectivity index (χ0v) is 14.0. The van der Waals surface area contributed by atoms with Gasteiger partial charge >= 0.3 is 6.18 Å². The van der Waals surface area contributed by atoms with Gasteiger partial charge in [0, 0.05) is 6.07 Å². The summed E-state index contributed by atoms with van der Waals surface area (Å²) < 4.78 is 58.7. The van der Waals surface area contributed by atoms with Gasteiger partial charge in [-0.2, -0.15) is 22.7 Å². The van der Waals surface area contributed by atoms with E-state index in [1.165, 1.54) is 6.07 Å². The molecule has 1 N–H and O–H groups in total. The van der Waals surface area contributed by atoms with Crippen LogP contribution < -0.4 is 5.32 Å². The third kappa shape index (κ3) is 3.26. The van der Waals surface area contributed by atoms with Crippen LogP contribution in [0.2, 0.25) is 0 Å². The van der Waals surface area contributed by atoms with Gasteiger partial charge < -0.3 is 9.73 Å². The summed E-state index contributed by atoms with van der Waals surface area (Å²) in [6.45, 7) is 1.69. The average Bonchev–Trinajstić information content (AvgIpc) is 3.17. The van der Waals surface area contributed by atoms with E-state index in [0.29, 0.717) is 24.1 Å². The molecule has 3 aromatic rings. The Kier molecular flexibility index (Phi) is 3.93. The minimum atomic E-state index is -4.53. The molecule has 6 nitrogen and oxygen atoms in total. The Morgan fingerprint density at radius 1 is 1.37 bits per heavy atom. The summed E-state index contributed by atoms with van der Waals surface area (Å²) in [5.41, 5.74) is 0.999. The quantitative estimate of drug-likeness (QED) is 0.701. The molecule has 1 atom stereocenters. The lowest BCUT2D eigenvalue weighted by Crippen LogP contribution is -2.47. The largest absolute Gasteiger partial charge is 0.429 e. The number of hydrogen-bond acceptors (Lipinski definition) is 4. The maximum Gasteiger partial charge on any atom is 0.408 e. The molecule has 0 bridgehead atoms. The third-order valence-electron chi connectivity index (χ3n) is 4.44. The molecule has 1 unspecified atom stereocenters. The molecule has 1 amide bonds. The van der Waals surface area contributed by atoms with Gasteiger partial charge in [0.2, 0.25) is 0 Å². The summed E-state index contributed by atoms with van der Waals surface area (Å²) in [5, 5.41) is 6.23. The molecule has 1 fully saturated rings. The molecule has 0 saturated heterocycles. The second kappa shape index (κ2) is 6.07. The number of nitrogens with one attached hydrogen (secondary N) is 1. The predicted molar refractivity (Wildman–Crippen MR) is 85.4 cm³/mol. The first-order valence-corrected chi connectivity index (χ1v) is 8.22. The van der Waals surface area contributed by atoms with E-state index in [-0.39, 0.29) is 17.1 Å². The van der Waals surface area contributed by atoms with Gasteiger partial charge in [-0.3, -0.25) is 4.79 Å². The number of fused-ring (bicyclic) bond motifs is 1. The molecule has 3 heterocycles. The first-order valence-electron chi connectivity index (χ1n) is 8.22. The molecule has 0 spiro atoms. The fourth-order valence-electron chi connectivity index (χ4n) is 2.96. The highest BCUT2D eigenvalue weighted by Crippen LogP contribution is 2.40. The Hall–Kier alpha value is -2.91. The normalized spacial score (nSPS) is 15.9. The summed E-state index contributed by atoms with van der Waals surface area (Å²) in [6, 6.07) is 1.36. The molecule has 1 aliphatic carbocycles. The minimum Gasteiger partial charge on any atom is -0.429 e. The van der Waals surface area contributed by atoms with E-state index in [4.69, 9.17) is 4.42 Å². The molecule has 1 saturated carbocycles. The number of aromatic nitrogens is 3. The lowest BCUT2D eigenvalue weighted by atomic mass is 10.1. The minimum absolute atomic E-state index is 0.128. The second-order valence-electron chi connectivity index (χ2n) is 6.53. The monoisotopic (exact) mass is 382 g/mol. The van der Waals surface area contributed by atoms with E-state index in [1.54, 1.807) is 13.0 Å². The number of furan rings is 1.